The monoisotopic (exact) mass is 201 g/mol. The summed E-state index contributed by atoms with van der Waals surface area (Å²) >= 11 is 0. The molecule has 0 radical (unpaired) electrons. The van der Waals surface area contributed by atoms with Crippen LogP contribution in [0.25, 0.3) is 0 Å². The van der Waals surface area contributed by atoms with Crippen LogP contribution in [0.2, 0.25) is 0 Å². The number of ether oxygens (including phenoxy) is 1. The third kappa shape index (κ3) is 3.56. The third-order valence-corrected chi connectivity index (χ3v) is 2.94. The molecule has 1 heterocycles. The Bertz CT molecular complexity index is 146. The van der Waals surface area contributed by atoms with Crippen LogP contribution in [0, 0.1) is 0 Å². The molecule has 0 amide bonds. The lowest BCUT2D eigenvalue weighted by Gasteiger charge is -2.24. The van der Waals surface area contributed by atoms with E-state index in [1.807, 2.05) is 6.92 Å². The van der Waals surface area contributed by atoms with Crippen LogP contribution in [-0.2, 0) is 4.74 Å². The fraction of sp³-hybridized carbons (Fsp3) is 1.00. The van der Waals surface area contributed by atoms with E-state index in [4.69, 9.17) is 4.74 Å². The van der Waals surface area contributed by atoms with Crippen molar-refractivity contribution in [1.29, 1.82) is 0 Å². The number of hydrogen-bond acceptors (Lipinski definition) is 3. The van der Waals surface area contributed by atoms with E-state index in [2.05, 4.69) is 12.2 Å². The highest BCUT2D eigenvalue weighted by Gasteiger charge is 2.24. The van der Waals surface area contributed by atoms with Gasteiger partial charge in [-0.25, -0.2) is 0 Å². The fourth-order valence-electron chi connectivity index (χ4n) is 1.89. The molecule has 0 aromatic rings. The van der Waals surface area contributed by atoms with E-state index in [1.165, 1.54) is 6.42 Å². The van der Waals surface area contributed by atoms with Crippen LogP contribution in [-0.4, -0.2) is 36.5 Å². The molecule has 0 spiro atoms. The van der Waals surface area contributed by atoms with E-state index in [1.54, 1.807) is 0 Å². The van der Waals surface area contributed by atoms with Gasteiger partial charge in [-0.3, -0.25) is 0 Å². The summed E-state index contributed by atoms with van der Waals surface area (Å²) in [7, 11) is 0. The molecule has 0 aromatic heterocycles. The summed E-state index contributed by atoms with van der Waals surface area (Å²) in [4.78, 5) is 0. The number of rotatable bonds is 6. The molecule has 14 heavy (non-hydrogen) atoms. The average Bonchev–Trinajstić information content (AvgIpc) is 2.72. The summed E-state index contributed by atoms with van der Waals surface area (Å²) in [6, 6.07) is 0.415. The minimum absolute atomic E-state index is 0.217. The predicted molar refractivity (Wildman–Crippen MR) is 57.4 cm³/mol. The Labute approximate surface area is 86.8 Å². The molecule has 0 aliphatic carbocycles. The maximum atomic E-state index is 9.44. The number of nitrogens with one attached hydrogen (secondary N) is 1. The summed E-state index contributed by atoms with van der Waals surface area (Å²) in [5.41, 5.74) is 0. The Kier molecular flexibility index (Phi) is 5.45. The van der Waals surface area contributed by atoms with Crippen LogP contribution in [0.1, 0.15) is 39.5 Å². The van der Waals surface area contributed by atoms with Crippen LogP contribution in [0.3, 0.4) is 0 Å². The van der Waals surface area contributed by atoms with Gasteiger partial charge in [0.1, 0.15) is 0 Å². The summed E-state index contributed by atoms with van der Waals surface area (Å²) in [6.45, 7) is 5.76. The van der Waals surface area contributed by atoms with Crippen molar-refractivity contribution in [3.8, 4) is 0 Å². The van der Waals surface area contributed by atoms with E-state index in [9.17, 15) is 5.11 Å². The summed E-state index contributed by atoms with van der Waals surface area (Å²) in [5, 5.41) is 12.8. The number of hydrogen-bond donors (Lipinski definition) is 2. The highest BCUT2D eigenvalue weighted by atomic mass is 16.5. The Balaban J connectivity index is 2.23. The minimum Gasteiger partial charge on any atom is -0.392 e. The molecule has 3 heteroatoms. The molecule has 1 aliphatic heterocycles. The van der Waals surface area contributed by atoms with Gasteiger partial charge in [0.25, 0.3) is 0 Å². The Morgan fingerprint density at radius 3 is 2.71 bits per heavy atom. The molecule has 3 atom stereocenters. The largest absolute Gasteiger partial charge is 0.392 e. The van der Waals surface area contributed by atoms with Crippen LogP contribution in [0.4, 0.5) is 0 Å². The molecule has 0 bridgehead atoms. The fourth-order valence-corrected chi connectivity index (χ4v) is 1.89. The van der Waals surface area contributed by atoms with E-state index in [0.29, 0.717) is 18.7 Å². The lowest BCUT2D eigenvalue weighted by Crippen LogP contribution is -2.42. The quantitative estimate of drug-likeness (QED) is 0.680. The standard InChI is InChI=1S/C11H23NO2/c1-3-9(13)8-12-10(4-2)11-6-5-7-14-11/h9-13H,3-8H2,1-2H3/t9-,10-,11+/m1/s1. The maximum Gasteiger partial charge on any atom is 0.0728 e. The van der Waals surface area contributed by atoms with Crippen molar-refractivity contribution in [2.24, 2.45) is 0 Å². The maximum absolute atomic E-state index is 9.44. The molecule has 0 aromatic carbocycles. The zero-order chi connectivity index (χ0) is 10.4. The van der Waals surface area contributed by atoms with Gasteiger partial charge in [0.15, 0.2) is 0 Å². The van der Waals surface area contributed by atoms with Gasteiger partial charge in [0.05, 0.1) is 12.2 Å². The Morgan fingerprint density at radius 2 is 2.21 bits per heavy atom. The van der Waals surface area contributed by atoms with Crippen LogP contribution >= 0.6 is 0 Å². The molecular formula is C11H23NO2. The molecule has 1 saturated heterocycles. The lowest BCUT2D eigenvalue weighted by molar-refractivity contribution is 0.0695. The minimum atomic E-state index is -0.217. The van der Waals surface area contributed by atoms with Crippen molar-refractivity contribution in [3.05, 3.63) is 0 Å². The Morgan fingerprint density at radius 1 is 1.43 bits per heavy atom. The van der Waals surface area contributed by atoms with Gasteiger partial charge in [-0.15, -0.1) is 0 Å². The number of aliphatic hydroxyl groups excluding tert-OH is 1. The zero-order valence-corrected chi connectivity index (χ0v) is 9.33. The van der Waals surface area contributed by atoms with Gasteiger partial charge in [-0.1, -0.05) is 13.8 Å². The SMILES string of the molecule is CC[C@@H](O)CN[C@H](CC)[C@@H]1CCCO1. The third-order valence-electron chi connectivity index (χ3n) is 2.94. The Hall–Kier alpha value is -0.120. The number of aliphatic hydroxyl groups is 1. The summed E-state index contributed by atoms with van der Waals surface area (Å²) in [6.07, 6.45) is 4.37. The average molecular weight is 201 g/mol. The second kappa shape index (κ2) is 6.38. The van der Waals surface area contributed by atoms with Gasteiger partial charge in [-0.05, 0) is 25.7 Å². The van der Waals surface area contributed by atoms with Gasteiger partial charge in [0, 0.05) is 19.2 Å². The first-order chi connectivity index (χ1) is 6.77. The van der Waals surface area contributed by atoms with Gasteiger partial charge in [-0.2, -0.15) is 0 Å². The summed E-state index contributed by atoms with van der Waals surface area (Å²) in [5.74, 6) is 0. The first-order valence-corrected chi connectivity index (χ1v) is 5.81. The van der Waals surface area contributed by atoms with Crippen molar-refractivity contribution in [2.75, 3.05) is 13.2 Å². The van der Waals surface area contributed by atoms with E-state index >= 15 is 0 Å². The van der Waals surface area contributed by atoms with Crippen LogP contribution in [0.15, 0.2) is 0 Å². The normalized spacial score (nSPS) is 26.4. The first kappa shape index (κ1) is 12.0. The highest BCUT2D eigenvalue weighted by molar-refractivity contribution is 4.80. The van der Waals surface area contributed by atoms with E-state index in [0.717, 1.165) is 25.9 Å². The second-order valence-corrected chi connectivity index (χ2v) is 4.04. The topological polar surface area (TPSA) is 41.5 Å². The van der Waals surface area contributed by atoms with Gasteiger partial charge >= 0.3 is 0 Å². The molecule has 3 nitrogen and oxygen atoms in total. The molecule has 0 unspecified atom stereocenters. The molecule has 1 fully saturated rings. The van der Waals surface area contributed by atoms with Crippen molar-refractivity contribution in [2.45, 2.75) is 57.8 Å². The smallest absolute Gasteiger partial charge is 0.0728 e. The van der Waals surface area contributed by atoms with Gasteiger partial charge < -0.3 is 15.2 Å². The first-order valence-electron chi connectivity index (χ1n) is 5.81. The van der Waals surface area contributed by atoms with Crippen LogP contribution < -0.4 is 5.32 Å². The molecule has 2 N–H and O–H groups in total. The lowest BCUT2D eigenvalue weighted by atomic mass is 10.1. The van der Waals surface area contributed by atoms with Crippen molar-refractivity contribution in [3.63, 3.8) is 0 Å². The summed E-state index contributed by atoms with van der Waals surface area (Å²) < 4.78 is 5.63. The van der Waals surface area contributed by atoms with Crippen molar-refractivity contribution < 1.29 is 9.84 Å². The molecular weight excluding hydrogens is 178 g/mol. The van der Waals surface area contributed by atoms with Crippen LogP contribution in [0.5, 0.6) is 0 Å². The van der Waals surface area contributed by atoms with E-state index in [-0.39, 0.29) is 6.10 Å². The molecule has 84 valence electrons. The van der Waals surface area contributed by atoms with Crippen molar-refractivity contribution >= 4 is 0 Å². The zero-order valence-electron chi connectivity index (χ0n) is 9.33. The predicted octanol–water partition coefficient (Wildman–Crippen LogP) is 1.30. The van der Waals surface area contributed by atoms with E-state index < -0.39 is 0 Å². The molecule has 1 aliphatic rings. The highest BCUT2D eigenvalue weighted by Crippen LogP contribution is 2.17. The van der Waals surface area contributed by atoms with Crippen molar-refractivity contribution in [1.82, 2.24) is 5.32 Å². The van der Waals surface area contributed by atoms with Gasteiger partial charge in [0.2, 0.25) is 0 Å². The second-order valence-electron chi connectivity index (χ2n) is 4.04. The molecule has 0 saturated carbocycles. The molecule has 1 rings (SSSR count).